The van der Waals surface area contributed by atoms with Gasteiger partial charge in [-0.3, -0.25) is 4.79 Å². The quantitative estimate of drug-likeness (QED) is 0.495. The van der Waals surface area contributed by atoms with E-state index in [1.54, 1.807) is 7.11 Å². The Bertz CT molecular complexity index is 1100. The largest absolute Gasteiger partial charge is 0.497 e. The van der Waals surface area contributed by atoms with Crippen LogP contribution in [0.2, 0.25) is 0 Å². The van der Waals surface area contributed by atoms with E-state index in [0.717, 1.165) is 40.3 Å². The van der Waals surface area contributed by atoms with Gasteiger partial charge < -0.3 is 14.5 Å². The molecule has 1 amide bonds. The van der Waals surface area contributed by atoms with E-state index in [-0.39, 0.29) is 5.91 Å². The topological polar surface area (TPSA) is 51.5 Å². The zero-order valence-corrected chi connectivity index (χ0v) is 15.2. The van der Waals surface area contributed by atoms with Gasteiger partial charge in [-0.05, 0) is 53.4 Å². The fourth-order valence-electron chi connectivity index (χ4n) is 3.31. The molecule has 1 N–H and O–H groups in total. The normalized spacial score (nSPS) is 11.0. The summed E-state index contributed by atoms with van der Waals surface area (Å²) in [4.78, 5) is 12.4. The Kier molecular flexibility index (Phi) is 4.79. The van der Waals surface area contributed by atoms with E-state index in [4.69, 9.17) is 9.15 Å². The SMILES string of the molecule is COc1cccc(CCCNC(=O)c2cc3c(ccc4ccccc43)o2)c1. The summed E-state index contributed by atoms with van der Waals surface area (Å²) in [5, 5.41) is 6.14. The maximum Gasteiger partial charge on any atom is 0.287 e. The summed E-state index contributed by atoms with van der Waals surface area (Å²) in [6.45, 7) is 0.591. The molecule has 0 atom stereocenters. The van der Waals surface area contributed by atoms with Crippen LogP contribution < -0.4 is 10.1 Å². The second-order valence-corrected chi connectivity index (χ2v) is 6.52. The van der Waals surface area contributed by atoms with Crippen LogP contribution in [0.1, 0.15) is 22.5 Å². The third kappa shape index (κ3) is 3.65. The number of fused-ring (bicyclic) bond motifs is 3. The number of carbonyl (C=O) groups is 1. The standard InChI is InChI=1S/C23H21NO3/c1-26-18-9-4-6-16(14-18)7-5-13-24-23(25)22-15-20-19-10-3-2-8-17(19)11-12-21(20)27-22/h2-4,6,8-12,14-15H,5,7,13H2,1H3,(H,24,25). The van der Waals surface area contributed by atoms with E-state index < -0.39 is 0 Å². The smallest absolute Gasteiger partial charge is 0.287 e. The molecule has 0 bridgehead atoms. The molecular formula is C23H21NO3. The highest BCUT2D eigenvalue weighted by atomic mass is 16.5. The number of methoxy groups -OCH3 is 1. The number of ether oxygens (including phenoxy) is 1. The van der Waals surface area contributed by atoms with E-state index in [2.05, 4.69) is 17.4 Å². The third-order valence-electron chi connectivity index (χ3n) is 4.71. The summed E-state index contributed by atoms with van der Waals surface area (Å²) in [7, 11) is 1.66. The number of hydrogen-bond acceptors (Lipinski definition) is 3. The number of carbonyl (C=O) groups excluding carboxylic acids is 1. The van der Waals surface area contributed by atoms with E-state index in [1.165, 1.54) is 5.56 Å². The van der Waals surface area contributed by atoms with Crippen LogP contribution in [0, 0.1) is 0 Å². The first-order valence-electron chi connectivity index (χ1n) is 9.07. The van der Waals surface area contributed by atoms with Gasteiger partial charge in [0.25, 0.3) is 5.91 Å². The van der Waals surface area contributed by atoms with Gasteiger partial charge in [-0.1, -0.05) is 42.5 Å². The van der Waals surface area contributed by atoms with Crippen molar-refractivity contribution in [1.82, 2.24) is 5.32 Å². The molecule has 0 saturated carbocycles. The fourth-order valence-corrected chi connectivity index (χ4v) is 3.31. The second-order valence-electron chi connectivity index (χ2n) is 6.52. The predicted octanol–water partition coefficient (Wildman–Crippen LogP) is 4.96. The van der Waals surface area contributed by atoms with Crippen LogP contribution in [0.4, 0.5) is 0 Å². The van der Waals surface area contributed by atoms with E-state index in [9.17, 15) is 4.79 Å². The number of amides is 1. The lowest BCUT2D eigenvalue weighted by atomic mass is 10.1. The molecule has 0 saturated heterocycles. The zero-order valence-electron chi connectivity index (χ0n) is 15.2. The lowest BCUT2D eigenvalue weighted by molar-refractivity contribution is 0.0927. The number of aryl methyl sites for hydroxylation is 1. The fraction of sp³-hybridized carbons (Fsp3) is 0.174. The highest BCUT2D eigenvalue weighted by Crippen LogP contribution is 2.28. The molecule has 0 aliphatic carbocycles. The molecule has 4 aromatic rings. The summed E-state index contributed by atoms with van der Waals surface area (Å²) in [5.41, 5.74) is 1.93. The molecule has 4 rings (SSSR count). The van der Waals surface area contributed by atoms with Crippen molar-refractivity contribution in [1.29, 1.82) is 0 Å². The molecule has 4 heteroatoms. The van der Waals surface area contributed by atoms with Gasteiger partial charge in [0, 0.05) is 11.9 Å². The lowest BCUT2D eigenvalue weighted by Crippen LogP contribution is -2.24. The maximum atomic E-state index is 12.4. The lowest BCUT2D eigenvalue weighted by Gasteiger charge is -2.05. The summed E-state index contributed by atoms with van der Waals surface area (Å²) in [6, 6.07) is 21.8. The van der Waals surface area contributed by atoms with Crippen LogP contribution in [0.15, 0.2) is 71.1 Å². The van der Waals surface area contributed by atoms with Gasteiger partial charge in [-0.2, -0.15) is 0 Å². The molecular weight excluding hydrogens is 338 g/mol. The Labute approximate surface area is 157 Å². The van der Waals surface area contributed by atoms with Crippen molar-refractivity contribution in [2.45, 2.75) is 12.8 Å². The molecule has 136 valence electrons. The number of rotatable bonds is 6. The molecule has 0 aliphatic heterocycles. The Balaban J connectivity index is 1.40. The predicted molar refractivity (Wildman–Crippen MR) is 107 cm³/mol. The van der Waals surface area contributed by atoms with E-state index in [0.29, 0.717) is 12.3 Å². The van der Waals surface area contributed by atoms with Gasteiger partial charge in [0.15, 0.2) is 5.76 Å². The second kappa shape index (κ2) is 7.54. The van der Waals surface area contributed by atoms with Crippen LogP contribution in [0.3, 0.4) is 0 Å². The van der Waals surface area contributed by atoms with Crippen LogP contribution in [-0.4, -0.2) is 19.6 Å². The highest BCUT2D eigenvalue weighted by molar-refractivity contribution is 6.08. The van der Waals surface area contributed by atoms with Crippen molar-refractivity contribution < 1.29 is 13.9 Å². The molecule has 0 fully saturated rings. The van der Waals surface area contributed by atoms with Crippen molar-refractivity contribution in [3.05, 3.63) is 78.1 Å². The number of nitrogens with one attached hydrogen (secondary N) is 1. The van der Waals surface area contributed by atoms with Crippen molar-refractivity contribution in [2.24, 2.45) is 0 Å². The first kappa shape index (κ1) is 17.2. The molecule has 0 aliphatic rings. The summed E-state index contributed by atoms with van der Waals surface area (Å²) in [5.74, 6) is 1.02. The van der Waals surface area contributed by atoms with Gasteiger partial charge in [-0.25, -0.2) is 0 Å². The Morgan fingerprint density at radius 3 is 2.78 bits per heavy atom. The third-order valence-corrected chi connectivity index (χ3v) is 4.71. The summed E-state index contributed by atoms with van der Waals surface area (Å²) >= 11 is 0. The van der Waals surface area contributed by atoms with Gasteiger partial charge in [0.1, 0.15) is 11.3 Å². The van der Waals surface area contributed by atoms with Crippen molar-refractivity contribution in [2.75, 3.05) is 13.7 Å². The first-order chi connectivity index (χ1) is 13.2. The maximum absolute atomic E-state index is 12.4. The van der Waals surface area contributed by atoms with Crippen molar-refractivity contribution >= 4 is 27.6 Å². The van der Waals surface area contributed by atoms with Gasteiger partial charge in [0.2, 0.25) is 0 Å². The van der Waals surface area contributed by atoms with E-state index >= 15 is 0 Å². The Morgan fingerprint density at radius 1 is 1.00 bits per heavy atom. The monoisotopic (exact) mass is 359 g/mol. The van der Waals surface area contributed by atoms with Crippen LogP contribution in [-0.2, 0) is 6.42 Å². The molecule has 1 aromatic heterocycles. The first-order valence-corrected chi connectivity index (χ1v) is 9.07. The van der Waals surface area contributed by atoms with Crippen molar-refractivity contribution in [3.63, 3.8) is 0 Å². The minimum Gasteiger partial charge on any atom is -0.497 e. The molecule has 0 unspecified atom stereocenters. The number of hydrogen-bond donors (Lipinski definition) is 1. The Morgan fingerprint density at radius 2 is 1.89 bits per heavy atom. The van der Waals surface area contributed by atoms with Crippen LogP contribution in [0.5, 0.6) is 5.75 Å². The van der Waals surface area contributed by atoms with Gasteiger partial charge >= 0.3 is 0 Å². The number of furan rings is 1. The molecule has 3 aromatic carbocycles. The number of benzene rings is 3. The Hall–Kier alpha value is -3.27. The zero-order chi connectivity index (χ0) is 18.6. The molecule has 1 heterocycles. The summed E-state index contributed by atoms with van der Waals surface area (Å²) < 4.78 is 11.0. The van der Waals surface area contributed by atoms with Crippen molar-refractivity contribution in [3.8, 4) is 5.75 Å². The highest BCUT2D eigenvalue weighted by Gasteiger charge is 2.13. The summed E-state index contributed by atoms with van der Waals surface area (Å²) in [6.07, 6.45) is 1.73. The van der Waals surface area contributed by atoms with Gasteiger partial charge in [0.05, 0.1) is 7.11 Å². The average Bonchev–Trinajstić information content (AvgIpc) is 3.16. The molecule has 4 nitrogen and oxygen atoms in total. The minimum absolute atomic E-state index is 0.180. The molecule has 0 spiro atoms. The molecule has 0 radical (unpaired) electrons. The van der Waals surface area contributed by atoms with Crippen LogP contribution >= 0.6 is 0 Å². The average molecular weight is 359 g/mol. The van der Waals surface area contributed by atoms with E-state index in [1.807, 2.05) is 54.6 Å². The minimum atomic E-state index is -0.180. The van der Waals surface area contributed by atoms with Crippen LogP contribution in [0.25, 0.3) is 21.7 Å². The molecule has 27 heavy (non-hydrogen) atoms. The van der Waals surface area contributed by atoms with Gasteiger partial charge in [-0.15, -0.1) is 0 Å².